The number of aromatic nitrogens is 2. The van der Waals surface area contributed by atoms with Crippen LogP contribution in [0.25, 0.3) is 0 Å². The molecule has 8 heteroatoms. The molecule has 2 rings (SSSR count). The number of carbonyl (C=O) groups is 1. The maximum Gasteiger partial charge on any atom is 0.270 e. The summed E-state index contributed by atoms with van der Waals surface area (Å²) in [5, 5.41) is 6.97. The number of carbonyl (C=O) groups excluding carboxylic acids is 1. The van der Waals surface area contributed by atoms with Gasteiger partial charge in [0.2, 0.25) is 0 Å². The van der Waals surface area contributed by atoms with E-state index in [1.165, 1.54) is 0 Å². The van der Waals surface area contributed by atoms with Gasteiger partial charge in [-0.2, -0.15) is 0 Å². The summed E-state index contributed by atoms with van der Waals surface area (Å²) >= 11 is 12.1. The third-order valence-electron chi connectivity index (χ3n) is 3.33. The smallest absolute Gasteiger partial charge is 0.270 e. The maximum absolute atomic E-state index is 12.3. The molecule has 0 fully saturated rings. The van der Waals surface area contributed by atoms with Crippen molar-refractivity contribution in [2.75, 3.05) is 32.5 Å². The highest BCUT2D eigenvalue weighted by molar-refractivity contribution is 6.36. The van der Waals surface area contributed by atoms with Gasteiger partial charge in [0.1, 0.15) is 17.3 Å². The summed E-state index contributed by atoms with van der Waals surface area (Å²) < 4.78 is 0. The van der Waals surface area contributed by atoms with Crippen molar-refractivity contribution in [3.63, 3.8) is 0 Å². The molecular weight excluding hydrogens is 361 g/mol. The maximum atomic E-state index is 12.3. The molecule has 6 nitrogen and oxygen atoms in total. The van der Waals surface area contributed by atoms with Crippen molar-refractivity contribution in [3.05, 3.63) is 45.8 Å². The van der Waals surface area contributed by atoms with Gasteiger partial charge >= 0.3 is 0 Å². The predicted octanol–water partition coefficient (Wildman–Crippen LogP) is 3.52. The number of nitrogens with one attached hydrogen (secondary N) is 2. The van der Waals surface area contributed by atoms with E-state index in [1.807, 2.05) is 14.1 Å². The largest absolute Gasteiger partial charge is 0.351 e. The summed E-state index contributed by atoms with van der Waals surface area (Å²) in [6, 6.07) is 6.71. The van der Waals surface area contributed by atoms with Crippen LogP contribution in [0, 0.1) is 6.92 Å². The highest BCUT2D eigenvalue weighted by Gasteiger charge is 2.11. The first kappa shape index (κ1) is 19.4. The van der Waals surface area contributed by atoms with Crippen LogP contribution in [0.15, 0.2) is 24.3 Å². The van der Waals surface area contributed by atoms with Crippen molar-refractivity contribution >= 4 is 40.6 Å². The highest BCUT2D eigenvalue weighted by Crippen LogP contribution is 2.27. The van der Waals surface area contributed by atoms with Crippen molar-refractivity contribution in [2.45, 2.75) is 13.3 Å². The van der Waals surface area contributed by atoms with Crippen molar-refractivity contribution in [2.24, 2.45) is 0 Å². The molecule has 25 heavy (non-hydrogen) atoms. The first-order chi connectivity index (χ1) is 11.8. The van der Waals surface area contributed by atoms with E-state index in [4.69, 9.17) is 23.2 Å². The number of aryl methyl sites for hydroxylation is 1. The zero-order valence-electron chi connectivity index (χ0n) is 14.4. The Bertz CT molecular complexity index is 752. The van der Waals surface area contributed by atoms with Crippen molar-refractivity contribution in [1.82, 2.24) is 20.2 Å². The van der Waals surface area contributed by atoms with Gasteiger partial charge in [0, 0.05) is 17.6 Å². The molecular formula is C17H21Cl2N5O. The first-order valence-electron chi connectivity index (χ1n) is 7.86. The molecule has 1 aromatic carbocycles. The summed E-state index contributed by atoms with van der Waals surface area (Å²) in [5.74, 6) is 0.762. The molecule has 0 atom stereocenters. The minimum Gasteiger partial charge on any atom is -0.351 e. The first-order valence-corrected chi connectivity index (χ1v) is 8.61. The van der Waals surface area contributed by atoms with Gasteiger partial charge in [0.05, 0.1) is 10.7 Å². The van der Waals surface area contributed by atoms with E-state index < -0.39 is 0 Å². The Balaban J connectivity index is 2.07. The molecule has 0 unspecified atom stereocenters. The summed E-state index contributed by atoms with van der Waals surface area (Å²) in [6.45, 7) is 3.23. The number of amides is 1. The average molecular weight is 382 g/mol. The van der Waals surface area contributed by atoms with Crippen LogP contribution in [-0.2, 0) is 0 Å². The molecule has 0 saturated carbocycles. The van der Waals surface area contributed by atoms with Crippen LogP contribution in [0.1, 0.15) is 22.7 Å². The Morgan fingerprint density at radius 1 is 1.20 bits per heavy atom. The van der Waals surface area contributed by atoms with Gasteiger partial charge in [-0.25, -0.2) is 9.97 Å². The van der Waals surface area contributed by atoms with Crippen molar-refractivity contribution in [3.8, 4) is 0 Å². The molecule has 0 aliphatic heterocycles. The Kier molecular flexibility index (Phi) is 6.99. The summed E-state index contributed by atoms with van der Waals surface area (Å²) in [4.78, 5) is 22.8. The fourth-order valence-corrected chi connectivity index (χ4v) is 2.62. The molecule has 1 aromatic heterocycles. The van der Waals surface area contributed by atoms with Crippen molar-refractivity contribution < 1.29 is 4.79 Å². The molecule has 0 bridgehead atoms. The summed E-state index contributed by atoms with van der Waals surface area (Å²) in [6.07, 6.45) is 0.869. The number of hydrogen-bond donors (Lipinski definition) is 2. The van der Waals surface area contributed by atoms with Gasteiger partial charge in [0.25, 0.3) is 5.91 Å². The minimum atomic E-state index is -0.227. The molecule has 0 saturated heterocycles. The molecule has 2 aromatic rings. The van der Waals surface area contributed by atoms with Gasteiger partial charge in [-0.1, -0.05) is 23.2 Å². The average Bonchev–Trinajstić information content (AvgIpc) is 2.53. The van der Waals surface area contributed by atoms with E-state index in [2.05, 4.69) is 25.5 Å². The van der Waals surface area contributed by atoms with E-state index in [0.717, 1.165) is 13.0 Å². The topological polar surface area (TPSA) is 70.2 Å². The third kappa shape index (κ3) is 6.16. The van der Waals surface area contributed by atoms with Crippen LogP contribution in [0.4, 0.5) is 11.5 Å². The number of halogens is 2. The van der Waals surface area contributed by atoms with Gasteiger partial charge < -0.3 is 15.5 Å². The number of benzene rings is 1. The lowest BCUT2D eigenvalue weighted by molar-refractivity contribution is 0.0947. The van der Waals surface area contributed by atoms with Crippen LogP contribution in [0.3, 0.4) is 0 Å². The number of rotatable bonds is 7. The van der Waals surface area contributed by atoms with Crippen LogP contribution >= 0.6 is 23.2 Å². The normalized spacial score (nSPS) is 10.8. The van der Waals surface area contributed by atoms with Crippen LogP contribution < -0.4 is 10.6 Å². The second-order valence-electron chi connectivity index (χ2n) is 5.85. The molecule has 0 aliphatic carbocycles. The van der Waals surface area contributed by atoms with Crippen LogP contribution in [-0.4, -0.2) is 48.0 Å². The Morgan fingerprint density at radius 2 is 1.96 bits per heavy atom. The Labute approximate surface area is 157 Å². The highest BCUT2D eigenvalue weighted by atomic mass is 35.5. The lowest BCUT2D eigenvalue weighted by Gasteiger charge is -2.11. The summed E-state index contributed by atoms with van der Waals surface area (Å²) in [7, 11) is 3.99. The molecule has 134 valence electrons. The SMILES string of the molecule is Cc1nc(Nc2ccc(Cl)cc2Cl)cc(C(=O)NCCCN(C)C)n1. The summed E-state index contributed by atoms with van der Waals surface area (Å²) in [5.41, 5.74) is 0.964. The van der Waals surface area contributed by atoms with Gasteiger partial charge in [-0.05, 0) is 52.2 Å². The molecule has 2 N–H and O–H groups in total. The molecule has 1 amide bonds. The second kappa shape index (κ2) is 8.99. The van der Waals surface area contributed by atoms with Crippen LogP contribution in [0.5, 0.6) is 0 Å². The molecule has 0 radical (unpaired) electrons. The number of nitrogens with zero attached hydrogens (tertiary/aromatic N) is 3. The minimum absolute atomic E-state index is 0.227. The van der Waals surface area contributed by atoms with E-state index in [0.29, 0.717) is 39.6 Å². The molecule has 1 heterocycles. The second-order valence-corrected chi connectivity index (χ2v) is 6.69. The van der Waals surface area contributed by atoms with Crippen molar-refractivity contribution in [1.29, 1.82) is 0 Å². The quantitative estimate of drug-likeness (QED) is 0.718. The van der Waals surface area contributed by atoms with E-state index in [9.17, 15) is 4.79 Å². The molecule has 0 aliphatic rings. The zero-order valence-corrected chi connectivity index (χ0v) is 15.9. The Hall–Kier alpha value is -1.89. The van der Waals surface area contributed by atoms with Gasteiger partial charge in [-0.3, -0.25) is 4.79 Å². The van der Waals surface area contributed by atoms with Gasteiger partial charge in [0.15, 0.2) is 0 Å². The van der Waals surface area contributed by atoms with Crippen LogP contribution in [0.2, 0.25) is 10.0 Å². The molecule has 0 spiro atoms. The lowest BCUT2D eigenvalue weighted by atomic mass is 10.3. The monoisotopic (exact) mass is 381 g/mol. The van der Waals surface area contributed by atoms with E-state index >= 15 is 0 Å². The fraction of sp³-hybridized carbons (Fsp3) is 0.353. The standard InChI is InChI=1S/C17H21Cl2N5O/c1-11-21-15(17(25)20-7-4-8-24(2)3)10-16(22-11)23-14-6-5-12(18)9-13(14)19/h5-6,9-10H,4,7-8H2,1-3H3,(H,20,25)(H,21,22,23). The lowest BCUT2D eigenvalue weighted by Crippen LogP contribution is -2.28. The van der Waals surface area contributed by atoms with E-state index in [-0.39, 0.29) is 5.91 Å². The van der Waals surface area contributed by atoms with Gasteiger partial charge in [-0.15, -0.1) is 0 Å². The van der Waals surface area contributed by atoms with E-state index in [1.54, 1.807) is 31.2 Å². The zero-order chi connectivity index (χ0) is 18.4. The number of anilines is 2. The Morgan fingerprint density at radius 3 is 2.64 bits per heavy atom. The third-order valence-corrected chi connectivity index (χ3v) is 3.88. The predicted molar refractivity (Wildman–Crippen MR) is 102 cm³/mol. The number of hydrogen-bond acceptors (Lipinski definition) is 5. The fourth-order valence-electron chi connectivity index (χ4n) is 2.16.